The van der Waals surface area contributed by atoms with Gasteiger partial charge in [0.25, 0.3) is 0 Å². The number of fused-ring (bicyclic) bond motifs is 1. The summed E-state index contributed by atoms with van der Waals surface area (Å²) in [5.41, 5.74) is 0.366. The van der Waals surface area contributed by atoms with Crippen LogP contribution in [0.1, 0.15) is 102 Å². The van der Waals surface area contributed by atoms with E-state index in [1.807, 2.05) is 6.92 Å². The zero-order chi connectivity index (χ0) is 36.0. The van der Waals surface area contributed by atoms with E-state index in [9.17, 15) is 23.6 Å². The first-order valence-corrected chi connectivity index (χ1v) is 18.3. The number of furan rings is 1. The summed E-state index contributed by atoms with van der Waals surface area (Å²) in [5.74, 6) is -0.772. The third-order valence-corrected chi connectivity index (χ3v) is 10.6. The predicted octanol–water partition coefficient (Wildman–Crippen LogP) is 7.03. The molecule has 1 aromatic carbocycles. The van der Waals surface area contributed by atoms with Gasteiger partial charge in [0.05, 0.1) is 18.8 Å². The Balaban J connectivity index is 1.28. The van der Waals surface area contributed by atoms with Gasteiger partial charge in [-0.15, -0.1) is 0 Å². The lowest BCUT2D eigenvalue weighted by atomic mass is 9.75. The van der Waals surface area contributed by atoms with Gasteiger partial charge in [-0.3, -0.25) is 9.59 Å². The molecule has 2 N–H and O–H groups in total. The monoisotopic (exact) mass is 699 g/mol. The number of carbonyl (C=O) groups is 4. The number of esters is 1. The molecular formula is C38H54FN3O8. The minimum atomic E-state index is -0.710. The number of methoxy groups -OCH3 is 1. The highest BCUT2D eigenvalue weighted by atomic mass is 19.1. The third-order valence-electron chi connectivity index (χ3n) is 10.6. The summed E-state index contributed by atoms with van der Waals surface area (Å²) in [6.07, 6.45) is 7.06. The van der Waals surface area contributed by atoms with Crippen molar-refractivity contribution >= 4 is 40.5 Å². The molecule has 1 aliphatic heterocycles. The molecule has 3 atom stereocenters. The van der Waals surface area contributed by atoms with Gasteiger partial charge in [0.2, 0.25) is 17.6 Å². The van der Waals surface area contributed by atoms with Crippen LogP contribution in [0.3, 0.4) is 0 Å². The molecule has 2 saturated carbocycles. The first-order valence-electron chi connectivity index (χ1n) is 18.3. The first kappa shape index (κ1) is 37.6. The van der Waals surface area contributed by atoms with Crippen LogP contribution in [0.2, 0.25) is 0 Å². The average Bonchev–Trinajstić information content (AvgIpc) is 3.74. The van der Waals surface area contributed by atoms with Crippen molar-refractivity contribution in [2.45, 2.75) is 116 Å². The third kappa shape index (κ3) is 9.16. The number of carbonyl (C=O) groups excluding carboxylic acids is 4. The molecule has 1 saturated heterocycles. The van der Waals surface area contributed by atoms with Gasteiger partial charge >= 0.3 is 12.1 Å². The number of anilines is 1. The molecule has 5 rings (SSSR count). The number of amides is 3. The van der Waals surface area contributed by atoms with Crippen molar-refractivity contribution in [2.24, 2.45) is 23.7 Å². The van der Waals surface area contributed by atoms with Crippen molar-refractivity contribution in [2.75, 3.05) is 32.3 Å². The van der Waals surface area contributed by atoms with E-state index in [1.165, 1.54) is 0 Å². The number of nitrogens with zero attached hydrogens (tertiary/aromatic N) is 1. The second-order valence-corrected chi connectivity index (χ2v) is 15.2. The SMILES string of the molecule is CCCOC(=O)c1cc2cc(NC(=O)[C@@H]3[C@H](C4CCC(OC)CC4)CCN3C(=O)[C@H]3CC[C@H]([C@@H](CF)NC(=O)OC(C)(C)C)CC3)ccc2o1. The van der Waals surface area contributed by atoms with E-state index in [2.05, 4.69) is 10.6 Å². The van der Waals surface area contributed by atoms with Crippen LogP contribution in [-0.4, -0.2) is 79.5 Å². The summed E-state index contributed by atoms with van der Waals surface area (Å²) in [6.45, 7) is 7.29. The second-order valence-electron chi connectivity index (χ2n) is 15.2. The molecule has 1 aromatic heterocycles. The molecule has 11 nitrogen and oxygen atoms in total. The maximum Gasteiger partial charge on any atom is 0.407 e. The number of halogens is 1. The molecule has 3 amide bonds. The van der Waals surface area contributed by atoms with E-state index >= 15 is 0 Å². The number of hydrogen-bond donors (Lipinski definition) is 2. The molecule has 0 radical (unpaired) electrons. The molecule has 0 spiro atoms. The molecule has 3 fully saturated rings. The molecule has 0 unspecified atom stereocenters. The van der Waals surface area contributed by atoms with E-state index in [4.69, 9.17) is 18.6 Å². The van der Waals surface area contributed by atoms with Crippen molar-refractivity contribution < 1.29 is 42.2 Å². The smallest absolute Gasteiger partial charge is 0.407 e. The zero-order valence-electron chi connectivity index (χ0n) is 30.1. The molecule has 0 bridgehead atoms. The standard InChI is InChI=1S/C38H54FN3O8/c1-6-19-48-36(45)32-21-26-20-27(13-16-31(26)49-32)40-34(43)33-29(23-11-14-28(47-5)15-12-23)17-18-42(33)35(44)25-9-7-24(8-10-25)30(22-39)41-37(46)50-38(2,3)4/h13,16,20-21,23-25,28-30,33H,6-12,14-15,17-19,22H2,1-5H3,(H,40,43)(H,41,46)/t23?,24-,25-,28?,29-,30+,33-/m0/s1. The van der Waals surface area contributed by atoms with Gasteiger partial charge in [0.15, 0.2) is 0 Å². The van der Waals surface area contributed by atoms with E-state index in [0.29, 0.717) is 67.8 Å². The topological polar surface area (TPSA) is 136 Å². The maximum absolute atomic E-state index is 14.2. The number of ether oxygens (including phenoxy) is 3. The lowest BCUT2D eigenvalue weighted by Gasteiger charge is -2.38. The van der Waals surface area contributed by atoms with Crippen LogP contribution in [0.5, 0.6) is 0 Å². The highest BCUT2D eigenvalue weighted by Gasteiger charge is 2.47. The Kier molecular flexibility index (Phi) is 12.5. The van der Waals surface area contributed by atoms with Gasteiger partial charge in [-0.2, -0.15) is 0 Å². The van der Waals surface area contributed by atoms with Crippen LogP contribution in [0, 0.1) is 23.7 Å². The van der Waals surface area contributed by atoms with Crippen LogP contribution in [0.4, 0.5) is 14.9 Å². The maximum atomic E-state index is 14.2. The van der Waals surface area contributed by atoms with Crippen molar-refractivity contribution in [3.63, 3.8) is 0 Å². The summed E-state index contributed by atoms with van der Waals surface area (Å²) >= 11 is 0. The quantitative estimate of drug-likeness (QED) is 0.239. The summed E-state index contributed by atoms with van der Waals surface area (Å²) in [4.78, 5) is 54.9. The Hall–Kier alpha value is -3.67. The lowest BCUT2D eigenvalue weighted by molar-refractivity contribution is -0.142. The van der Waals surface area contributed by atoms with Gasteiger partial charge in [0.1, 0.15) is 23.9 Å². The van der Waals surface area contributed by atoms with Crippen LogP contribution in [0.25, 0.3) is 11.0 Å². The predicted molar refractivity (Wildman–Crippen MR) is 186 cm³/mol. The summed E-state index contributed by atoms with van der Waals surface area (Å²) < 4.78 is 35.9. The molecule has 276 valence electrons. The average molecular weight is 700 g/mol. The number of likely N-dealkylation sites (tertiary alicyclic amines) is 1. The number of alkyl halides is 1. The van der Waals surface area contributed by atoms with Gasteiger partial charge in [-0.05, 0) is 127 Å². The molecule has 2 aromatic rings. The summed E-state index contributed by atoms with van der Waals surface area (Å²) in [6, 6.07) is 5.52. The number of rotatable bonds is 11. The van der Waals surface area contributed by atoms with E-state index < -0.39 is 36.4 Å². The van der Waals surface area contributed by atoms with Crippen molar-refractivity contribution in [3.05, 3.63) is 30.0 Å². The molecule has 12 heteroatoms. The largest absolute Gasteiger partial charge is 0.460 e. The van der Waals surface area contributed by atoms with Gasteiger partial charge in [-0.1, -0.05) is 6.92 Å². The molecular weight excluding hydrogens is 645 g/mol. The van der Waals surface area contributed by atoms with Crippen LogP contribution < -0.4 is 10.6 Å². The molecule has 2 heterocycles. The Morgan fingerprint density at radius 3 is 2.36 bits per heavy atom. The fourth-order valence-electron chi connectivity index (χ4n) is 8.09. The summed E-state index contributed by atoms with van der Waals surface area (Å²) in [5, 5.41) is 6.43. The fourth-order valence-corrected chi connectivity index (χ4v) is 8.09. The van der Waals surface area contributed by atoms with E-state index in [-0.39, 0.29) is 41.4 Å². The molecule has 3 aliphatic rings. The van der Waals surface area contributed by atoms with Crippen molar-refractivity contribution in [3.8, 4) is 0 Å². The minimum Gasteiger partial charge on any atom is -0.460 e. The van der Waals surface area contributed by atoms with Crippen LogP contribution >= 0.6 is 0 Å². The zero-order valence-corrected chi connectivity index (χ0v) is 30.1. The lowest BCUT2D eigenvalue weighted by Crippen LogP contribution is -2.50. The minimum absolute atomic E-state index is 0.0136. The van der Waals surface area contributed by atoms with Gasteiger partial charge in [-0.25, -0.2) is 14.0 Å². The van der Waals surface area contributed by atoms with Crippen molar-refractivity contribution in [1.29, 1.82) is 0 Å². The molecule has 50 heavy (non-hydrogen) atoms. The number of nitrogens with one attached hydrogen (secondary N) is 2. The highest BCUT2D eigenvalue weighted by Crippen LogP contribution is 2.42. The van der Waals surface area contributed by atoms with Crippen LogP contribution in [-0.2, 0) is 23.8 Å². The van der Waals surface area contributed by atoms with E-state index in [1.54, 1.807) is 57.0 Å². The van der Waals surface area contributed by atoms with Gasteiger partial charge < -0.3 is 34.2 Å². The fraction of sp³-hybridized carbons (Fsp3) is 0.684. The Morgan fingerprint density at radius 2 is 1.72 bits per heavy atom. The Bertz CT molecular complexity index is 1490. The number of hydrogen-bond acceptors (Lipinski definition) is 8. The number of alkyl carbamates (subject to hydrolysis) is 1. The molecule has 2 aliphatic carbocycles. The van der Waals surface area contributed by atoms with Gasteiger partial charge in [0, 0.05) is 30.6 Å². The highest BCUT2D eigenvalue weighted by molar-refractivity contribution is 6.00. The first-order chi connectivity index (χ1) is 23.9. The van der Waals surface area contributed by atoms with Crippen LogP contribution in [0.15, 0.2) is 28.7 Å². The Labute approximate surface area is 294 Å². The van der Waals surface area contributed by atoms with Crippen molar-refractivity contribution in [1.82, 2.24) is 10.2 Å². The van der Waals surface area contributed by atoms with E-state index in [0.717, 1.165) is 32.1 Å². The Morgan fingerprint density at radius 1 is 1.00 bits per heavy atom. The number of benzene rings is 1. The second kappa shape index (κ2) is 16.6. The normalized spacial score (nSPS) is 26.3. The summed E-state index contributed by atoms with van der Waals surface area (Å²) in [7, 11) is 1.74.